The molecule has 128 valence electrons. The van der Waals surface area contributed by atoms with Gasteiger partial charge < -0.3 is 9.47 Å². The van der Waals surface area contributed by atoms with Crippen molar-refractivity contribution >= 4 is 17.9 Å². The average Bonchev–Trinajstić information content (AvgIpc) is 2.79. The van der Waals surface area contributed by atoms with E-state index in [-0.39, 0.29) is 0 Å². The summed E-state index contributed by atoms with van der Waals surface area (Å²) < 4.78 is 5.19. The molecule has 0 saturated carbocycles. The predicted molar refractivity (Wildman–Crippen MR) is 98.8 cm³/mol. The van der Waals surface area contributed by atoms with Crippen LogP contribution in [0.2, 0.25) is 0 Å². The molecule has 0 N–H and O–H groups in total. The smallest absolute Gasteiger partial charge is 0.199 e. The Morgan fingerprint density at radius 2 is 1.71 bits per heavy atom. The van der Waals surface area contributed by atoms with E-state index in [2.05, 4.69) is 44.7 Å². The minimum Gasteiger partial charge on any atom is -0.369 e. The highest BCUT2D eigenvalue weighted by Gasteiger charge is 2.19. The van der Waals surface area contributed by atoms with Gasteiger partial charge in [-0.05, 0) is 37.2 Å². The van der Waals surface area contributed by atoms with Crippen molar-refractivity contribution < 1.29 is 0 Å². The van der Waals surface area contributed by atoms with Gasteiger partial charge in [-0.15, -0.1) is 0 Å². The molecule has 2 aliphatic heterocycles. The predicted octanol–water partition coefficient (Wildman–Crippen LogP) is 2.92. The van der Waals surface area contributed by atoms with E-state index in [0.717, 1.165) is 50.6 Å². The normalized spacial score (nSPS) is 19.1. The van der Waals surface area contributed by atoms with Gasteiger partial charge in [-0.25, -0.2) is 4.68 Å². The van der Waals surface area contributed by atoms with Crippen LogP contribution in [-0.4, -0.2) is 45.4 Å². The number of hydrogen-bond acceptors (Lipinski definition) is 4. The maximum Gasteiger partial charge on any atom is 0.199 e. The van der Waals surface area contributed by atoms with Crippen molar-refractivity contribution in [3.05, 3.63) is 40.9 Å². The summed E-state index contributed by atoms with van der Waals surface area (Å²) in [7, 11) is 0. The summed E-state index contributed by atoms with van der Waals surface area (Å²) in [4.78, 5) is 4.92. The molecule has 0 atom stereocenters. The Balaban J connectivity index is 1.40. The van der Waals surface area contributed by atoms with E-state index < -0.39 is 0 Å². The van der Waals surface area contributed by atoms with Gasteiger partial charge in [0.1, 0.15) is 5.82 Å². The van der Waals surface area contributed by atoms with Crippen molar-refractivity contribution in [2.24, 2.45) is 0 Å². The zero-order valence-corrected chi connectivity index (χ0v) is 14.9. The molecule has 2 aliphatic rings. The first-order valence-electron chi connectivity index (χ1n) is 9.00. The first-order chi connectivity index (χ1) is 11.8. The van der Waals surface area contributed by atoms with E-state index >= 15 is 0 Å². The van der Waals surface area contributed by atoms with Crippen LogP contribution >= 0.6 is 12.2 Å². The molecule has 1 fully saturated rings. The van der Waals surface area contributed by atoms with Crippen molar-refractivity contribution in [3.8, 4) is 0 Å². The molecule has 1 saturated heterocycles. The number of fused-ring (bicyclic) bond motifs is 1. The molecule has 4 rings (SSSR count). The molecule has 1 aromatic carbocycles. The minimum absolute atomic E-state index is 0.821. The molecule has 0 radical (unpaired) electrons. The Morgan fingerprint density at radius 1 is 0.917 bits per heavy atom. The molecule has 0 aliphatic carbocycles. The standard InChI is InChI=1S/C18H25N5S/c24-18-22-10-6-2-5-9-17(22)19-23(18)15-20-11-13-21(14-12-20)16-7-3-1-4-8-16/h1,3-4,7-8H,2,5-6,9-15H2. The number of aryl methyl sites for hydroxylation is 1. The van der Waals surface area contributed by atoms with Crippen LogP contribution in [0.5, 0.6) is 0 Å². The van der Waals surface area contributed by atoms with E-state index in [9.17, 15) is 0 Å². The topological polar surface area (TPSA) is 29.2 Å². The molecule has 5 nitrogen and oxygen atoms in total. The summed E-state index contributed by atoms with van der Waals surface area (Å²) >= 11 is 5.67. The van der Waals surface area contributed by atoms with Crippen molar-refractivity contribution in [3.63, 3.8) is 0 Å². The zero-order chi connectivity index (χ0) is 16.4. The fraction of sp³-hybridized carbons (Fsp3) is 0.556. The summed E-state index contributed by atoms with van der Waals surface area (Å²) in [6.45, 7) is 6.09. The monoisotopic (exact) mass is 343 g/mol. The van der Waals surface area contributed by atoms with Gasteiger partial charge in [-0.3, -0.25) is 4.90 Å². The highest BCUT2D eigenvalue weighted by molar-refractivity contribution is 7.71. The molecule has 1 aromatic heterocycles. The maximum atomic E-state index is 5.67. The third kappa shape index (κ3) is 3.26. The Kier molecular flexibility index (Phi) is 4.67. The van der Waals surface area contributed by atoms with Crippen molar-refractivity contribution in [1.29, 1.82) is 0 Å². The quantitative estimate of drug-likeness (QED) is 0.802. The van der Waals surface area contributed by atoms with Gasteiger partial charge in [-0.1, -0.05) is 24.6 Å². The van der Waals surface area contributed by atoms with Gasteiger partial charge in [0.25, 0.3) is 0 Å². The number of benzene rings is 1. The Labute approximate surface area is 148 Å². The fourth-order valence-electron chi connectivity index (χ4n) is 3.69. The van der Waals surface area contributed by atoms with Gasteiger partial charge >= 0.3 is 0 Å². The molecule has 0 unspecified atom stereocenters. The molecule has 2 aromatic rings. The molecule has 0 amide bonds. The SMILES string of the molecule is S=c1n(CN2CCN(c3ccccc3)CC2)nc2n1CCCCC2. The van der Waals surface area contributed by atoms with Crippen molar-refractivity contribution in [2.75, 3.05) is 31.1 Å². The van der Waals surface area contributed by atoms with E-state index in [1.807, 2.05) is 4.68 Å². The first-order valence-corrected chi connectivity index (χ1v) is 9.41. The van der Waals surface area contributed by atoms with Crippen LogP contribution in [0.1, 0.15) is 25.1 Å². The largest absolute Gasteiger partial charge is 0.369 e. The number of nitrogens with zero attached hydrogens (tertiary/aromatic N) is 5. The van der Waals surface area contributed by atoms with Gasteiger partial charge in [0, 0.05) is 44.8 Å². The third-order valence-corrected chi connectivity index (χ3v) is 5.54. The molecular formula is C18H25N5S. The second-order valence-corrected chi connectivity index (χ2v) is 7.11. The fourth-order valence-corrected chi connectivity index (χ4v) is 3.99. The zero-order valence-electron chi connectivity index (χ0n) is 14.1. The van der Waals surface area contributed by atoms with E-state index in [1.165, 1.54) is 30.8 Å². The minimum atomic E-state index is 0.821. The van der Waals surface area contributed by atoms with Crippen LogP contribution in [0, 0.1) is 4.77 Å². The second-order valence-electron chi connectivity index (χ2n) is 6.74. The van der Waals surface area contributed by atoms with Gasteiger partial charge in [-0.2, -0.15) is 5.10 Å². The lowest BCUT2D eigenvalue weighted by atomic mass is 10.2. The lowest BCUT2D eigenvalue weighted by Crippen LogP contribution is -2.47. The number of piperazine rings is 1. The van der Waals surface area contributed by atoms with E-state index in [1.54, 1.807) is 0 Å². The summed E-state index contributed by atoms with van der Waals surface area (Å²) in [6.07, 6.45) is 4.82. The van der Waals surface area contributed by atoms with Crippen molar-refractivity contribution in [2.45, 2.75) is 38.9 Å². The van der Waals surface area contributed by atoms with Crippen LogP contribution in [0.15, 0.2) is 30.3 Å². The van der Waals surface area contributed by atoms with E-state index in [0.29, 0.717) is 0 Å². The summed E-state index contributed by atoms with van der Waals surface area (Å²) in [5.41, 5.74) is 1.32. The third-order valence-electron chi connectivity index (χ3n) is 5.11. The number of hydrogen-bond donors (Lipinski definition) is 0. The molecule has 6 heteroatoms. The summed E-state index contributed by atoms with van der Waals surface area (Å²) in [5, 5.41) is 4.80. The lowest BCUT2D eigenvalue weighted by Gasteiger charge is -2.35. The first kappa shape index (κ1) is 15.8. The van der Waals surface area contributed by atoms with Crippen molar-refractivity contribution in [1.82, 2.24) is 19.2 Å². The maximum absolute atomic E-state index is 5.67. The summed E-state index contributed by atoms with van der Waals surface area (Å²) in [5.74, 6) is 1.18. The van der Waals surface area contributed by atoms with Crippen LogP contribution in [-0.2, 0) is 19.6 Å². The Hall–Kier alpha value is -1.66. The molecule has 3 heterocycles. The molecule has 0 bridgehead atoms. The lowest BCUT2D eigenvalue weighted by molar-refractivity contribution is 0.193. The number of anilines is 1. The Bertz CT molecular complexity index is 728. The number of rotatable bonds is 3. The summed E-state index contributed by atoms with van der Waals surface area (Å²) in [6, 6.07) is 10.7. The van der Waals surface area contributed by atoms with Gasteiger partial charge in [0.2, 0.25) is 0 Å². The van der Waals surface area contributed by atoms with Crippen LogP contribution in [0.25, 0.3) is 0 Å². The van der Waals surface area contributed by atoms with Gasteiger partial charge in [0.15, 0.2) is 4.77 Å². The molecule has 24 heavy (non-hydrogen) atoms. The molecular weight excluding hydrogens is 318 g/mol. The van der Waals surface area contributed by atoms with Crippen LogP contribution in [0.3, 0.4) is 0 Å². The highest BCUT2D eigenvalue weighted by atomic mass is 32.1. The van der Waals surface area contributed by atoms with Crippen LogP contribution < -0.4 is 4.90 Å². The average molecular weight is 344 g/mol. The van der Waals surface area contributed by atoms with E-state index in [4.69, 9.17) is 17.3 Å². The molecule has 0 spiro atoms. The Morgan fingerprint density at radius 3 is 2.50 bits per heavy atom. The highest BCUT2D eigenvalue weighted by Crippen LogP contribution is 2.17. The number of para-hydroxylation sites is 1. The van der Waals surface area contributed by atoms with Crippen LogP contribution in [0.4, 0.5) is 5.69 Å². The van der Waals surface area contributed by atoms with Gasteiger partial charge in [0.05, 0.1) is 6.67 Å². The number of aromatic nitrogens is 3. The second kappa shape index (κ2) is 7.07.